The summed E-state index contributed by atoms with van der Waals surface area (Å²) in [5, 5.41) is 2.82. The third kappa shape index (κ3) is 3.27. The lowest BCUT2D eigenvalue weighted by Gasteiger charge is -2.12. The molecule has 1 aromatic heterocycles. The van der Waals surface area contributed by atoms with Crippen LogP contribution in [0.1, 0.15) is 0 Å². The molecule has 0 unspecified atom stereocenters. The number of nitrogens with zero attached hydrogens (tertiary/aromatic N) is 4. The first kappa shape index (κ1) is 13.0. The highest BCUT2D eigenvalue weighted by molar-refractivity contribution is 5.37. The van der Waals surface area contributed by atoms with Crippen molar-refractivity contribution in [3.63, 3.8) is 0 Å². The average Bonchev–Trinajstić information content (AvgIpc) is 2.38. The number of benzene rings is 1. The number of nitrogens with one attached hydrogen (secondary N) is 1. The summed E-state index contributed by atoms with van der Waals surface area (Å²) in [7, 11) is 5.31. The van der Waals surface area contributed by atoms with Gasteiger partial charge in [-0.2, -0.15) is 15.0 Å². The van der Waals surface area contributed by atoms with E-state index in [-0.39, 0.29) is 11.8 Å². The van der Waals surface area contributed by atoms with Gasteiger partial charge in [0.1, 0.15) is 11.6 Å². The van der Waals surface area contributed by atoms with Gasteiger partial charge in [-0.15, -0.1) is 0 Å². The molecule has 6 nitrogen and oxygen atoms in total. The van der Waals surface area contributed by atoms with Crippen molar-refractivity contribution in [2.75, 3.05) is 31.4 Å². The predicted octanol–water partition coefficient (Wildman–Crippen LogP) is 1.91. The molecule has 0 bridgehead atoms. The first-order chi connectivity index (χ1) is 9.08. The Morgan fingerprint density at radius 1 is 1.21 bits per heavy atom. The normalized spacial score (nSPS) is 10.1. The molecule has 0 aliphatic heterocycles. The minimum Gasteiger partial charge on any atom is -0.424 e. The van der Waals surface area contributed by atoms with Crippen LogP contribution < -0.4 is 15.0 Å². The zero-order valence-corrected chi connectivity index (χ0v) is 10.9. The molecule has 0 amide bonds. The van der Waals surface area contributed by atoms with E-state index < -0.39 is 0 Å². The predicted molar refractivity (Wildman–Crippen MR) is 70.2 cm³/mol. The van der Waals surface area contributed by atoms with Crippen molar-refractivity contribution in [1.82, 2.24) is 15.0 Å². The third-order valence-electron chi connectivity index (χ3n) is 2.23. The van der Waals surface area contributed by atoms with Crippen molar-refractivity contribution in [3.8, 4) is 11.8 Å². The summed E-state index contributed by atoms with van der Waals surface area (Å²) in [6, 6.07) is 5.88. The molecule has 0 atom stereocenters. The van der Waals surface area contributed by atoms with E-state index in [0.717, 1.165) is 0 Å². The number of ether oxygens (including phenoxy) is 1. The Morgan fingerprint density at radius 3 is 2.63 bits per heavy atom. The number of hydrogen-bond acceptors (Lipinski definition) is 6. The number of aromatic nitrogens is 3. The Bertz CT molecular complexity index is 576. The maximum absolute atomic E-state index is 13.1. The molecule has 2 rings (SSSR count). The van der Waals surface area contributed by atoms with E-state index in [2.05, 4.69) is 20.3 Å². The number of rotatable bonds is 4. The quantitative estimate of drug-likeness (QED) is 0.909. The van der Waals surface area contributed by atoms with Gasteiger partial charge in [0.05, 0.1) is 0 Å². The van der Waals surface area contributed by atoms with Crippen molar-refractivity contribution >= 4 is 11.9 Å². The lowest BCUT2D eigenvalue weighted by atomic mass is 10.3. The van der Waals surface area contributed by atoms with E-state index in [1.165, 1.54) is 12.1 Å². The van der Waals surface area contributed by atoms with Crippen molar-refractivity contribution in [1.29, 1.82) is 0 Å². The van der Waals surface area contributed by atoms with Crippen LogP contribution in [0, 0.1) is 5.82 Å². The summed E-state index contributed by atoms with van der Waals surface area (Å²) >= 11 is 0. The minimum atomic E-state index is -0.381. The first-order valence-electron chi connectivity index (χ1n) is 5.63. The second-order valence-electron chi connectivity index (χ2n) is 3.95. The molecule has 0 aliphatic carbocycles. The lowest BCUT2D eigenvalue weighted by molar-refractivity contribution is 0.437. The smallest absolute Gasteiger partial charge is 0.328 e. The van der Waals surface area contributed by atoms with Crippen LogP contribution in [0.4, 0.5) is 16.3 Å². The van der Waals surface area contributed by atoms with Crippen LogP contribution in [0.15, 0.2) is 24.3 Å². The highest BCUT2D eigenvalue weighted by Crippen LogP contribution is 2.20. The van der Waals surface area contributed by atoms with Gasteiger partial charge in [-0.05, 0) is 12.1 Å². The fourth-order valence-corrected chi connectivity index (χ4v) is 1.34. The molecule has 0 aliphatic rings. The molecular formula is C12H14FN5O. The fourth-order valence-electron chi connectivity index (χ4n) is 1.34. The van der Waals surface area contributed by atoms with Crippen molar-refractivity contribution in [2.24, 2.45) is 0 Å². The van der Waals surface area contributed by atoms with E-state index in [4.69, 9.17) is 4.74 Å². The summed E-state index contributed by atoms with van der Waals surface area (Å²) in [4.78, 5) is 14.1. The van der Waals surface area contributed by atoms with Gasteiger partial charge in [-0.25, -0.2) is 4.39 Å². The Hall–Kier alpha value is -2.44. The first-order valence-corrected chi connectivity index (χ1v) is 5.63. The maximum Gasteiger partial charge on any atom is 0.328 e. The number of hydrogen-bond donors (Lipinski definition) is 1. The molecule has 19 heavy (non-hydrogen) atoms. The Balaban J connectivity index is 2.31. The molecular weight excluding hydrogens is 249 g/mol. The topological polar surface area (TPSA) is 63.2 Å². The zero-order chi connectivity index (χ0) is 13.8. The molecule has 1 N–H and O–H groups in total. The summed E-state index contributed by atoms with van der Waals surface area (Å²) in [6.45, 7) is 0. The van der Waals surface area contributed by atoms with Gasteiger partial charge < -0.3 is 15.0 Å². The summed E-state index contributed by atoms with van der Waals surface area (Å²) in [5.41, 5.74) is 0. The Labute approximate surface area is 110 Å². The molecule has 2 aromatic rings. The van der Waals surface area contributed by atoms with Crippen LogP contribution in [0.5, 0.6) is 11.8 Å². The van der Waals surface area contributed by atoms with Crippen LogP contribution in [-0.4, -0.2) is 36.1 Å². The third-order valence-corrected chi connectivity index (χ3v) is 2.23. The van der Waals surface area contributed by atoms with Gasteiger partial charge in [0.2, 0.25) is 11.9 Å². The second kappa shape index (κ2) is 5.47. The molecule has 7 heteroatoms. The lowest BCUT2D eigenvalue weighted by Crippen LogP contribution is -2.15. The maximum atomic E-state index is 13.1. The average molecular weight is 263 g/mol. The molecule has 1 aromatic carbocycles. The molecule has 0 fully saturated rings. The molecule has 100 valence electrons. The second-order valence-corrected chi connectivity index (χ2v) is 3.95. The summed E-state index contributed by atoms with van der Waals surface area (Å²) < 4.78 is 18.5. The molecule has 0 spiro atoms. The molecule has 0 radical (unpaired) electrons. The van der Waals surface area contributed by atoms with E-state index in [9.17, 15) is 4.39 Å². The van der Waals surface area contributed by atoms with E-state index in [1.54, 1.807) is 38.2 Å². The fraction of sp³-hybridized carbons (Fsp3) is 0.250. The van der Waals surface area contributed by atoms with Gasteiger partial charge >= 0.3 is 6.01 Å². The summed E-state index contributed by atoms with van der Waals surface area (Å²) in [5.74, 6) is 0.780. The van der Waals surface area contributed by atoms with E-state index >= 15 is 0 Å². The molecule has 0 saturated carbocycles. The van der Waals surface area contributed by atoms with Crippen LogP contribution in [-0.2, 0) is 0 Å². The van der Waals surface area contributed by atoms with Gasteiger partial charge in [-0.1, -0.05) is 6.07 Å². The van der Waals surface area contributed by atoms with Crippen LogP contribution in [0.3, 0.4) is 0 Å². The van der Waals surface area contributed by atoms with Crippen molar-refractivity contribution in [2.45, 2.75) is 0 Å². The Kier molecular flexibility index (Phi) is 3.74. The highest BCUT2D eigenvalue weighted by Gasteiger charge is 2.09. The highest BCUT2D eigenvalue weighted by atomic mass is 19.1. The summed E-state index contributed by atoms with van der Waals surface area (Å²) in [6.07, 6.45) is 0. The standard InChI is InChI=1S/C12H14FN5O/c1-14-10-15-11(18(2)3)17-12(16-10)19-9-6-4-5-8(13)7-9/h4-7H,1-3H3,(H,14,15,16,17). The minimum absolute atomic E-state index is 0.105. The zero-order valence-electron chi connectivity index (χ0n) is 10.9. The van der Waals surface area contributed by atoms with Gasteiger partial charge in [-0.3, -0.25) is 0 Å². The van der Waals surface area contributed by atoms with Crippen molar-refractivity contribution < 1.29 is 9.13 Å². The van der Waals surface area contributed by atoms with Gasteiger partial charge in [0.15, 0.2) is 0 Å². The van der Waals surface area contributed by atoms with E-state index in [1.807, 2.05) is 0 Å². The van der Waals surface area contributed by atoms with Crippen LogP contribution >= 0.6 is 0 Å². The number of anilines is 2. The largest absolute Gasteiger partial charge is 0.424 e. The van der Waals surface area contributed by atoms with E-state index in [0.29, 0.717) is 17.6 Å². The molecule has 1 heterocycles. The van der Waals surface area contributed by atoms with Crippen LogP contribution in [0.25, 0.3) is 0 Å². The van der Waals surface area contributed by atoms with Gasteiger partial charge in [0.25, 0.3) is 0 Å². The number of halogens is 1. The Morgan fingerprint density at radius 2 is 2.00 bits per heavy atom. The molecule has 0 saturated heterocycles. The monoisotopic (exact) mass is 263 g/mol. The van der Waals surface area contributed by atoms with Gasteiger partial charge in [0, 0.05) is 27.2 Å². The van der Waals surface area contributed by atoms with Crippen molar-refractivity contribution in [3.05, 3.63) is 30.1 Å². The van der Waals surface area contributed by atoms with Crippen LogP contribution in [0.2, 0.25) is 0 Å². The SMILES string of the molecule is CNc1nc(Oc2cccc(F)c2)nc(N(C)C)n1.